The molecule has 2 aromatic carbocycles. The van der Waals surface area contributed by atoms with Crippen LogP contribution in [0.5, 0.6) is 5.75 Å². The first-order valence-corrected chi connectivity index (χ1v) is 8.53. The minimum absolute atomic E-state index is 0.113. The van der Waals surface area contributed by atoms with E-state index < -0.39 is 5.91 Å². The van der Waals surface area contributed by atoms with Crippen molar-refractivity contribution in [3.05, 3.63) is 83.0 Å². The molecule has 7 heteroatoms. The van der Waals surface area contributed by atoms with Crippen LogP contribution in [0.3, 0.4) is 0 Å². The van der Waals surface area contributed by atoms with Crippen molar-refractivity contribution in [3.63, 3.8) is 0 Å². The standard InChI is InChI=1S/C20H17ClN4O2/c1-2-4-14-5-3-6-15(19(14)26)12-22-25-20(27)18-11-17(23-24-18)13-7-9-16(21)10-8-13/h2-3,5-12,26H,1,4H2,(H,23,24)(H,25,27)/b22-12+. The third-order valence-corrected chi connectivity index (χ3v) is 4.10. The van der Waals surface area contributed by atoms with Crippen molar-refractivity contribution in [2.45, 2.75) is 6.42 Å². The highest BCUT2D eigenvalue weighted by atomic mass is 35.5. The van der Waals surface area contributed by atoms with Gasteiger partial charge in [-0.05, 0) is 36.2 Å². The number of phenolic OH excluding ortho intramolecular Hbond substituents is 1. The van der Waals surface area contributed by atoms with Crippen molar-refractivity contribution in [1.82, 2.24) is 15.6 Å². The number of allylic oxidation sites excluding steroid dienone is 1. The summed E-state index contributed by atoms with van der Waals surface area (Å²) in [5.74, 6) is -0.331. The predicted molar refractivity (Wildman–Crippen MR) is 106 cm³/mol. The van der Waals surface area contributed by atoms with Crippen LogP contribution in [-0.4, -0.2) is 27.4 Å². The third kappa shape index (κ3) is 4.43. The van der Waals surface area contributed by atoms with Crippen LogP contribution in [0.25, 0.3) is 11.3 Å². The number of amides is 1. The Labute approximate surface area is 161 Å². The lowest BCUT2D eigenvalue weighted by Crippen LogP contribution is -2.18. The second-order valence-corrected chi connectivity index (χ2v) is 6.16. The highest BCUT2D eigenvalue weighted by Crippen LogP contribution is 2.22. The number of carbonyl (C=O) groups excluding carboxylic acids is 1. The Morgan fingerprint density at radius 2 is 2.07 bits per heavy atom. The second-order valence-electron chi connectivity index (χ2n) is 5.72. The molecule has 3 N–H and O–H groups in total. The Balaban J connectivity index is 1.68. The van der Waals surface area contributed by atoms with E-state index in [2.05, 4.69) is 27.3 Å². The Morgan fingerprint density at radius 3 is 2.81 bits per heavy atom. The number of hydrazone groups is 1. The zero-order chi connectivity index (χ0) is 19.2. The molecule has 3 aromatic rings. The Hall–Kier alpha value is -3.38. The van der Waals surface area contributed by atoms with E-state index in [9.17, 15) is 9.90 Å². The van der Waals surface area contributed by atoms with Gasteiger partial charge < -0.3 is 5.11 Å². The molecule has 0 saturated heterocycles. The second kappa shape index (κ2) is 8.33. The molecule has 0 atom stereocenters. The predicted octanol–water partition coefficient (Wildman–Crippen LogP) is 3.93. The smallest absolute Gasteiger partial charge is 0.289 e. The summed E-state index contributed by atoms with van der Waals surface area (Å²) >= 11 is 5.87. The number of aromatic amines is 1. The first kappa shape index (κ1) is 18.4. The maximum absolute atomic E-state index is 12.2. The van der Waals surface area contributed by atoms with Gasteiger partial charge in [0.05, 0.1) is 11.9 Å². The fourth-order valence-electron chi connectivity index (χ4n) is 2.46. The van der Waals surface area contributed by atoms with Gasteiger partial charge in [0.15, 0.2) is 0 Å². The summed E-state index contributed by atoms with van der Waals surface area (Å²) < 4.78 is 0. The third-order valence-electron chi connectivity index (χ3n) is 3.85. The number of carbonyl (C=O) groups is 1. The molecular weight excluding hydrogens is 364 g/mol. The van der Waals surface area contributed by atoms with Crippen molar-refractivity contribution in [2.24, 2.45) is 5.10 Å². The first-order valence-electron chi connectivity index (χ1n) is 8.15. The largest absolute Gasteiger partial charge is 0.507 e. The van der Waals surface area contributed by atoms with E-state index in [0.717, 1.165) is 11.1 Å². The summed E-state index contributed by atoms with van der Waals surface area (Å²) in [4.78, 5) is 12.2. The van der Waals surface area contributed by atoms with E-state index in [1.165, 1.54) is 6.21 Å². The molecule has 0 radical (unpaired) electrons. The van der Waals surface area contributed by atoms with Crippen LogP contribution in [0, 0.1) is 0 Å². The summed E-state index contributed by atoms with van der Waals surface area (Å²) in [6.07, 6.45) is 3.63. The Bertz CT molecular complexity index is 993. The van der Waals surface area contributed by atoms with Crippen molar-refractivity contribution in [2.75, 3.05) is 0 Å². The number of benzene rings is 2. The molecule has 3 rings (SSSR count). The van der Waals surface area contributed by atoms with Crippen LogP contribution in [-0.2, 0) is 6.42 Å². The van der Waals surface area contributed by atoms with Gasteiger partial charge in [-0.1, -0.05) is 41.9 Å². The molecule has 0 aliphatic carbocycles. The number of nitrogens with zero attached hydrogens (tertiary/aromatic N) is 2. The molecule has 0 aliphatic rings. The summed E-state index contributed by atoms with van der Waals surface area (Å²) in [5.41, 5.74) is 5.37. The van der Waals surface area contributed by atoms with Gasteiger partial charge in [-0.2, -0.15) is 10.2 Å². The van der Waals surface area contributed by atoms with E-state index in [1.54, 1.807) is 42.5 Å². The zero-order valence-corrected chi connectivity index (χ0v) is 15.1. The summed E-state index contributed by atoms with van der Waals surface area (Å²) in [6.45, 7) is 3.66. The minimum Gasteiger partial charge on any atom is -0.507 e. The molecular formula is C20H17ClN4O2. The molecule has 136 valence electrons. The van der Waals surface area contributed by atoms with Gasteiger partial charge in [-0.25, -0.2) is 5.43 Å². The monoisotopic (exact) mass is 380 g/mol. The molecule has 0 saturated carbocycles. The molecule has 1 heterocycles. The molecule has 27 heavy (non-hydrogen) atoms. The van der Waals surface area contributed by atoms with Crippen LogP contribution in [0.1, 0.15) is 21.6 Å². The summed E-state index contributed by atoms with van der Waals surface area (Å²) in [6, 6.07) is 14.1. The highest BCUT2D eigenvalue weighted by Gasteiger charge is 2.10. The zero-order valence-electron chi connectivity index (χ0n) is 14.3. The number of H-pyrrole nitrogens is 1. The lowest BCUT2D eigenvalue weighted by Gasteiger charge is -2.04. The van der Waals surface area contributed by atoms with Crippen LogP contribution in [0.15, 0.2) is 66.3 Å². The molecule has 0 unspecified atom stereocenters. The van der Waals surface area contributed by atoms with Gasteiger partial charge in [0.2, 0.25) is 0 Å². The van der Waals surface area contributed by atoms with Gasteiger partial charge in [0.1, 0.15) is 11.4 Å². The quantitative estimate of drug-likeness (QED) is 0.344. The van der Waals surface area contributed by atoms with Crippen LogP contribution in [0.4, 0.5) is 0 Å². The number of aromatic hydroxyl groups is 1. The number of para-hydroxylation sites is 1. The van der Waals surface area contributed by atoms with E-state index in [-0.39, 0.29) is 11.4 Å². The average molecular weight is 381 g/mol. The molecule has 0 bridgehead atoms. The van der Waals surface area contributed by atoms with E-state index in [1.807, 2.05) is 12.1 Å². The van der Waals surface area contributed by atoms with Crippen molar-refractivity contribution < 1.29 is 9.90 Å². The van der Waals surface area contributed by atoms with Gasteiger partial charge in [0, 0.05) is 16.1 Å². The van der Waals surface area contributed by atoms with E-state index in [0.29, 0.717) is 22.7 Å². The number of hydrogen-bond donors (Lipinski definition) is 3. The number of phenols is 1. The fraction of sp³-hybridized carbons (Fsp3) is 0.0500. The lowest BCUT2D eigenvalue weighted by molar-refractivity contribution is 0.0950. The molecule has 0 aliphatic heterocycles. The normalized spacial score (nSPS) is 10.9. The van der Waals surface area contributed by atoms with Crippen molar-refractivity contribution in [3.8, 4) is 17.0 Å². The fourth-order valence-corrected chi connectivity index (χ4v) is 2.59. The SMILES string of the molecule is C=CCc1cccc(/C=N/NC(=O)c2cc(-c3ccc(Cl)cc3)n[nH]2)c1O. The minimum atomic E-state index is -0.444. The molecule has 0 fully saturated rings. The van der Waals surface area contributed by atoms with Gasteiger partial charge in [-0.3, -0.25) is 9.89 Å². The molecule has 6 nitrogen and oxygen atoms in total. The highest BCUT2D eigenvalue weighted by molar-refractivity contribution is 6.30. The number of hydrogen-bond acceptors (Lipinski definition) is 4. The Kier molecular flexibility index (Phi) is 5.68. The first-order chi connectivity index (χ1) is 13.1. The summed E-state index contributed by atoms with van der Waals surface area (Å²) in [7, 11) is 0. The molecule has 0 spiro atoms. The van der Waals surface area contributed by atoms with Crippen molar-refractivity contribution in [1.29, 1.82) is 0 Å². The van der Waals surface area contributed by atoms with Gasteiger partial charge in [-0.15, -0.1) is 6.58 Å². The number of rotatable bonds is 6. The topological polar surface area (TPSA) is 90.4 Å². The van der Waals surface area contributed by atoms with E-state index >= 15 is 0 Å². The lowest BCUT2D eigenvalue weighted by atomic mass is 10.1. The molecule has 1 aromatic heterocycles. The van der Waals surface area contributed by atoms with Crippen LogP contribution < -0.4 is 5.43 Å². The summed E-state index contributed by atoms with van der Waals surface area (Å²) in [5, 5.41) is 21.5. The van der Waals surface area contributed by atoms with Crippen molar-refractivity contribution >= 4 is 23.7 Å². The average Bonchev–Trinajstić information content (AvgIpc) is 3.15. The van der Waals surface area contributed by atoms with Crippen LogP contribution in [0.2, 0.25) is 5.02 Å². The number of halogens is 1. The van der Waals surface area contributed by atoms with Gasteiger partial charge >= 0.3 is 0 Å². The Morgan fingerprint density at radius 1 is 1.30 bits per heavy atom. The number of nitrogens with one attached hydrogen (secondary N) is 2. The maximum Gasteiger partial charge on any atom is 0.289 e. The van der Waals surface area contributed by atoms with E-state index in [4.69, 9.17) is 11.6 Å². The maximum atomic E-state index is 12.2. The van der Waals surface area contributed by atoms with Gasteiger partial charge in [0.25, 0.3) is 5.91 Å². The number of aromatic nitrogens is 2. The molecule has 1 amide bonds. The van der Waals surface area contributed by atoms with Crippen LogP contribution >= 0.6 is 11.6 Å².